The van der Waals surface area contributed by atoms with Gasteiger partial charge in [0.25, 0.3) is 0 Å². The van der Waals surface area contributed by atoms with E-state index in [9.17, 15) is 0 Å². The normalized spacial score (nSPS) is 9.57. The fraction of sp³-hybridized carbons (Fsp3) is 0.273. The van der Waals surface area contributed by atoms with E-state index in [1.807, 2.05) is 19.1 Å². The lowest BCUT2D eigenvalue weighted by molar-refractivity contribution is 1.25. The molecule has 3 heteroatoms. The third-order valence-corrected chi connectivity index (χ3v) is 2.42. The van der Waals surface area contributed by atoms with Crippen molar-refractivity contribution < 1.29 is 0 Å². The van der Waals surface area contributed by atoms with Crippen LogP contribution in [0.25, 0.3) is 11.4 Å². The molecule has 1 aromatic heterocycles. The summed E-state index contributed by atoms with van der Waals surface area (Å²) in [7, 11) is 0. The highest BCUT2D eigenvalue weighted by Crippen LogP contribution is 2.18. The number of aryl methyl sites for hydroxylation is 2. The predicted octanol–water partition coefficient (Wildman–Crippen LogP) is 3.46. The Morgan fingerprint density at radius 3 is 2.57 bits per heavy atom. The highest BCUT2D eigenvalue weighted by atomic mass is 32.1. The van der Waals surface area contributed by atoms with Gasteiger partial charge in [0.2, 0.25) is 0 Å². The smallest absolute Gasteiger partial charge is 0.173 e. The highest BCUT2D eigenvalue weighted by Gasteiger charge is 2.02. The first-order valence-electron chi connectivity index (χ1n) is 4.13. The van der Waals surface area contributed by atoms with Gasteiger partial charge in [-0.2, -0.15) is 4.37 Å². The molecule has 0 radical (unpaired) electrons. The van der Waals surface area contributed by atoms with Crippen molar-refractivity contribution in [2.45, 2.75) is 21.3 Å². The summed E-state index contributed by atoms with van der Waals surface area (Å²) in [4.78, 5) is 4.33. The summed E-state index contributed by atoms with van der Waals surface area (Å²) in [6, 6.07) is 8.24. The Morgan fingerprint density at radius 2 is 2.00 bits per heavy atom. The zero-order valence-electron chi connectivity index (χ0n) is 7.61. The molecule has 1 heterocycles. The van der Waals surface area contributed by atoms with Crippen LogP contribution in [-0.2, 0) is 0 Å². The van der Waals surface area contributed by atoms with E-state index >= 15 is 0 Å². The minimum Gasteiger partial charge on any atom is -0.220 e. The summed E-state index contributed by atoms with van der Waals surface area (Å²) in [6.07, 6.45) is 0. The number of hydrogen-bond donors (Lipinski definition) is 0. The van der Waals surface area contributed by atoms with E-state index in [0.29, 0.717) is 0 Å². The number of rotatable bonds is 1. The zero-order chi connectivity index (χ0) is 9.26. The second-order valence-corrected chi connectivity index (χ2v) is 3.96. The maximum atomic E-state index is 4.33. The lowest BCUT2D eigenvalue weighted by atomic mass is 10.1. The number of aromatic nitrogens is 2. The fourth-order valence-corrected chi connectivity index (χ4v) is 1.69. The van der Waals surface area contributed by atoms with Crippen molar-refractivity contribution in [2.24, 2.45) is 0 Å². The van der Waals surface area contributed by atoms with E-state index in [0.717, 1.165) is 16.4 Å². The summed E-state index contributed by atoms with van der Waals surface area (Å²) < 4.78 is 4.26. The van der Waals surface area contributed by atoms with Crippen molar-refractivity contribution >= 4 is 11.5 Å². The van der Waals surface area contributed by atoms with Crippen molar-refractivity contribution in [3.05, 3.63) is 34.8 Å². The third-order valence-electron chi connectivity index (χ3n) is 1.80. The van der Waals surface area contributed by atoms with Crippen molar-refractivity contribution in [3.8, 4) is 11.4 Å². The molecule has 0 bridgehead atoms. The van der Waals surface area contributed by atoms with Crippen LogP contribution in [0.1, 0.15) is 18.0 Å². The summed E-state index contributed by atoms with van der Waals surface area (Å²) >= 11 is 1.44. The highest BCUT2D eigenvalue weighted by molar-refractivity contribution is 7.05. The lowest BCUT2D eigenvalue weighted by Crippen LogP contribution is -1.81. The van der Waals surface area contributed by atoms with Crippen LogP contribution in [0.5, 0.6) is 0 Å². The molecule has 0 aliphatic heterocycles. The lowest BCUT2D eigenvalue weighted by Gasteiger charge is -1.95. The van der Waals surface area contributed by atoms with Crippen LogP contribution in [-0.4, -0.2) is 9.36 Å². The number of hydrogen-bond acceptors (Lipinski definition) is 3. The first-order valence-corrected chi connectivity index (χ1v) is 4.90. The Morgan fingerprint density at radius 1 is 1.21 bits per heavy atom. The third kappa shape index (κ3) is 2.17. The fourth-order valence-electron chi connectivity index (χ4n) is 1.20. The second kappa shape index (κ2) is 4.33. The Balaban J connectivity index is 0.000000980. The van der Waals surface area contributed by atoms with Crippen molar-refractivity contribution in [2.75, 3.05) is 0 Å². The molecule has 0 aliphatic carbocycles. The van der Waals surface area contributed by atoms with Gasteiger partial charge in [0.1, 0.15) is 5.01 Å². The van der Waals surface area contributed by atoms with Gasteiger partial charge in [-0.1, -0.05) is 31.2 Å². The number of nitrogens with zero attached hydrogens (tertiary/aromatic N) is 2. The molecule has 0 aliphatic rings. The summed E-state index contributed by atoms with van der Waals surface area (Å²) in [5.74, 6) is 0.839. The standard InChI is InChI=1S/C10H10N2S.CH4/c1-7-4-3-5-9(6-7)10-11-8(2)13-12-10;/h3-6H,1-2H3;1H4. The van der Waals surface area contributed by atoms with Crippen molar-refractivity contribution in [1.82, 2.24) is 9.36 Å². The number of benzene rings is 1. The summed E-state index contributed by atoms with van der Waals surface area (Å²) in [6.45, 7) is 4.04. The predicted molar refractivity (Wildman–Crippen MR) is 61.6 cm³/mol. The SMILES string of the molecule is C.Cc1cccc(-c2nsc(C)n2)c1. The van der Waals surface area contributed by atoms with E-state index in [-0.39, 0.29) is 7.43 Å². The quantitative estimate of drug-likeness (QED) is 0.714. The van der Waals surface area contributed by atoms with E-state index in [4.69, 9.17) is 0 Å². The Labute approximate surface area is 88.8 Å². The molecule has 0 unspecified atom stereocenters. The summed E-state index contributed by atoms with van der Waals surface area (Å²) in [5.41, 5.74) is 2.34. The molecule has 0 saturated carbocycles. The van der Waals surface area contributed by atoms with Crippen LogP contribution in [0.2, 0.25) is 0 Å². The van der Waals surface area contributed by atoms with Gasteiger partial charge in [-0.15, -0.1) is 0 Å². The maximum Gasteiger partial charge on any atom is 0.173 e. The molecule has 14 heavy (non-hydrogen) atoms. The van der Waals surface area contributed by atoms with Gasteiger partial charge >= 0.3 is 0 Å². The van der Waals surface area contributed by atoms with E-state index in [1.54, 1.807) is 0 Å². The Bertz CT molecular complexity index is 421. The average molecular weight is 206 g/mol. The topological polar surface area (TPSA) is 25.8 Å². The van der Waals surface area contributed by atoms with Crippen molar-refractivity contribution in [3.63, 3.8) is 0 Å². The van der Waals surface area contributed by atoms with Crippen LogP contribution < -0.4 is 0 Å². The molecule has 0 N–H and O–H groups in total. The van der Waals surface area contributed by atoms with Gasteiger partial charge in [0.05, 0.1) is 0 Å². The van der Waals surface area contributed by atoms with Crippen LogP contribution in [0.3, 0.4) is 0 Å². The molecule has 0 fully saturated rings. The first-order chi connectivity index (χ1) is 6.25. The van der Waals surface area contributed by atoms with Gasteiger partial charge in [-0.3, -0.25) is 0 Å². The zero-order valence-corrected chi connectivity index (χ0v) is 8.43. The van der Waals surface area contributed by atoms with Crippen LogP contribution >= 0.6 is 11.5 Å². The Hall–Kier alpha value is -1.22. The van der Waals surface area contributed by atoms with Crippen LogP contribution in [0.4, 0.5) is 0 Å². The minimum absolute atomic E-state index is 0. The van der Waals surface area contributed by atoms with Crippen LogP contribution in [0.15, 0.2) is 24.3 Å². The van der Waals surface area contributed by atoms with E-state index in [2.05, 4.69) is 28.4 Å². The molecule has 0 atom stereocenters. The maximum absolute atomic E-state index is 4.33. The molecule has 0 amide bonds. The minimum atomic E-state index is 0. The largest absolute Gasteiger partial charge is 0.220 e. The van der Waals surface area contributed by atoms with E-state index in [1.165, 1.54) is 17.1 Å². The molecular weight excluding hydrogens is 192 g/mol. The van der Waals surface area contributed by atoms with Gasteiger partial charge in [-0.05, 0) is 31.4 Å². The molecule has 1 aromatic carbocycles. The first kappa shape index (κ1) is 10.9. The van der Waals surface area contributed by atoms with Gasteiger partial charge in [-0.25, -0.2) is 4.98 Å². The van der Waals surface area contributed by atoms with Gasteiger partial charge in [0.15, 0.2) is 5.82 Å². The molecule has 2 aromatic rings. The molecule has 74 valence electrons. The molecule has 2 rings (SSSR count). The van der Waals surface area contributed by atoms with Gasteiger partial charge < -0.3 is 0 Å². The Kier molecular flexibility index (Phi) is 3.36. The average Bonchev–Trinajstić information content (AvgIpc) is 2.52. The van der Waals surface area contributed by atoms with Gasteiger partial charge in [0, 0.05) is 5.56 Å². The summed E-state index contributed by atoms with van der Waals surface area (Å²) in [5, 5.41) is 1.01. The molecule has 0 saturated heterocycles. The molecule has 2 nitrogen and oxygen atoms in total. The second-order valence-electron chi connectivity index (χ2n) is 3.01. The van der Waals surface area contributed by atoms with Crippen molar-refractivity contribution in [1.29, 1.82) is 0 Å². The molecule has 0 spiro atoms. The van der Waals surface area contributed by atoms with Crippen LogP contribution in [0, 0.1) is 13.8 Å². The monoisotopic (exact) mass is 206 g/mol. The van der Waals surface area contributed by atoms with E-state index < -0.39 is 0 Å². The molecular formula is C11H14N2S.